The summed E-state index contributed by atoms with van der Waals surface area (Å²) >= 11 is 2.24. The Morgan fingerprint density at radius 1 is 1.42 bits per heavy atom. The summed E-state index contributed by atoms with van der Waals surface area (Å²) in [6, 6.07) is 5.64. The lowest BCUT2D eigenvalue weighted by Crippen LogP contribution is -2.36. The highest BCUT2D eigenvalue weighted by molar-refractivity contribution is 8.18. The number of carbonyl (C=O) groups is 3. The Kier molecular flexibility index (Phi) is 4.97. The standard InChI is InChI=1S/C17H13N3O4S2/c1-9-10(2)24-15(12(9)7-18)19-14(21)8-20-16(22)13(26-17(20)23)6-11-4-3-5-25-11/h3-6H,8H2,1-2H3,(H,19,21)/b13-6-. The van der Waals surface area contributed by atoms with Crippen molar-refractivity contribution < 1.29 is 18.8 Å². The third-order valence-corrected chi connectivity index (χ3v) is 5.47. The lowest BCUT2D eigenvalue weighted by atomic mass is 10.2. The molecule has 132 valence electrons. The van der Waals surface area contributed by atoms with E-state index in [0.29, 0.717) is 11.3 Å². The molecule has 0 spiro atoms. The molecule has 7 nitrogen and oxygen atoms in total. The zero-order chi connectivity index (χ0) is 18.8. The maximum atomic E-state index is 12.4. The number of imide groups is 1. The number of anilines is 1. The van der Waals surface area contributed by atoms with Gasteiger partial charge in [0.15, 0.2) is 0 Å². The number of thiophene rings is 1. The quantitative estimate of drug-likeness (QED) is 0.805. The Bertz CT molecular complexity index is 967. The number of hydrogen-bond donors (Lipinski definition) is 1. The van der Waals surface area contributed by atoms with Gasteiger partial charge in [-0.05, 0) is 43.1 Å². The van der Waals surface area contributed by atoms with Gasteiger partial charge in [0.05, 0.1) is 4.91 Å². The molecule has 1 aliphatic heterocycles. The van der Waals surface area contributed by atoms with E-state index in [2.05, 4.69) is 5.32 Å². The van der Waals surface area contributed by atoms with Gasteiger partial charge < -0.3 is 4.42 Å². The van der Waals surface area contributed by atoms with Crippen molar-refractivity contribution in [2.45, 2.75) is 13.8 Å². The van der Waals surface area contributed by atoms with Crippen molar-refractivity contribution in [1.82, 2.24) is 4.90 Å². The van der Waals surface area contributed by atoms with E-state index in [4.69, 9.17) is 9.68 Å². The predicted molar refractivity (Wildman–Crippen MR) is 98.5 cm³/mol. The smallest absolute Gasteiger partial charge is 0.294 e. The van der Waals surface area contributed by atoms with E-state index in [0.717, 1.165) is 21.5 Å². The molecule has 0 atom stereocenters. The van der Waals surface area contributed by atoms with Crippen LogP contribution < -0.4 is 5.32 Å². The van der Waals surface area contributed by atoms with Crippen molar-refractivity contribution >= 4 is 52.1 Å². The summed E-state index contributed by atoms with van der Waals surface area (Å²) in [5.41, 5.74) is 0.857. The maximum Gasteiger partial charge on any atom is 0.294 e. The van der Waals surface area contributed by atoms with Crippen LogP contribution in [-0.2, 0) is 9.59 Å². The Morgan fingerprint density at radius 3 is 2.85 bits per heavy atom. The minimum Gasteiger partial charge on any atom is -0.444 e. The monoisotopic (exact) mass is 387 g/mol. The zero-order valence-corrected chi connectivity index (χ0v) is 15.5. The van der Waals surface area contributed by atoms with E-state index in [1.807, 2.05) is 23.6 Å². The van der Waals surface area contributed by atoms with Gasteiger partial charge in [0.2, 0.25) is 11.8 Å². The molecular weight excluding hydrogens is 374 g/mol. The first-order chi connectivity index (χ1) is 12.4. The molecule has 1 aliphatic rings. The molecule has 3 rings (SSSR count). The molecule has 3 heterocycles. The van der Waals surface area contributed by atoms with Crippen molar-refractivity contribution in [3.8, 4) is 6.07 Å². The summed E-state index contributed by atoms with van der Waals surface area (Å²) in [4.78, 5) is 38.7. The van der Waals surface area contributed by atoms with Crippen LogP contribution in [0.3, 0.4) is 0 Å². The largest absolute Gasteiger partial charge is 0.444 e. The SMILES string of the molecule is Cc1oc(NC(=O)CN2C(=O)S/C(=C\c3cccs3)C2=O)c(C#N)c1C. The predicted octanol–water partition coefficient (Wildman–Crippen LogP) is 3.50. The highest BCUT2D eigenvalue weighted by Gasteiger charge is 2.36. The van der Waals surface area contributed by atoms with Gasteiger partial charge in [-0.15, -0.1) is 11.3 Å². The number of nitriles is 1. The van der Waals surface area contributed by atoms with Gasteiger partial charge in [-0.3, -0.25) is 24.6 Å². The third kappa shape index (κ3) is 3.42. The summed E-state index contributed by atoms with van der Waals surface area (Å²) in [7, 11) is 0. The van der Waals surface area contributed by atoms with Crippen LogP contribution in [0.25, 0.3) is 6.08 Å². The van der Waals surface area contributed by atoms with Gasteiger partial charge in [0.25, 0.3) is 11.1 Å². The van der Waals surface area contributed by atoms with E-state index < -0.39 is 23.6 Å². The highest BCUT2D eigenvalue weighted by Crippen LogP contribution is 2.33. The molecule has 3 amide bonds. The lowest BCUT2D eigenvalue weighted by molar-refractivity contribution is -0.127. The van der Waals surface area contributed by atoms with Gasteiger partial charge >= 0.3 is 0 Å². The molecule has 0 aromatic carbocycles. The van der Waals surface area contributed by atoms with Crippen LogP contribution >= 0.6 is 23.1 Å². The van der Waals surface area contributed by atoms with E-state index in [9.17, 15) is 14.4 Å². The minimum atomic E-state index is -0.616. The van der Waals surface area contributed by atoms with Crippen LogP contribution in [0.4, 0.5) is 10.7 Å². The van der Waals surface area contributed by atoms with Gasteiger partial charge in [0.1, 0.15) is 23.9 Å². The van der Waals surface area contributed by atoms with Crippen molar-refractivity contribution in [2.75, 3.05) is 11.9 Å². The summed E-state index contributed by atoms with van der Waals surface area (Å²) in [6.45, 7) is 2.94. The summed E-state index contributed by atoms with van der Waals surface area (Å²) in [6.07, 6.45) is 1.63. The van der Waals surface area contributed by atoms with Gasteiger partial charge in [-0.2, -0.15) is 5.26 Å². The molecule has 2 aromatic heterocycles. The lowest BCUT2D eigenvalue weighted by Gasteiger charge is -2.11. The minimum absolute atomic E-state index is 0.0219. The number of nitrogens with one attached hydrogen (secondary N) is 1. The number of carbonyl (C=O) groups excluding carboxylic acids is 3. The molecule has 0 radical (unpaired) electrons. The third-order valence-electron chi connectivity index (χ3n) is 3.74. The number of furan rings is 1. The average molecular weight is 387 g/mol. The number of amides is 3. The molecule has 0 bridgehead atoms. The van der Waals surface area contributed by atoms with Crippen LogP contribution in [0.15, 0.2) is 26.8 Å². The fourth-order valence-corrected chi connectivity index (χ4v) is 3.86. The van der Waals surface area contributed by atoms with E-state index in [-0.39, 0.29) is 16.4 Å². The fourth-order valence-electron chi connectivity index (χ4n) is 2.30. The Hall–Kier alpha value is -2.83. The van der Waals surface area contributed by atoms with Crippen LogP contribution in [0.5, 0.6) is 0 Å². The zero-order valence-electron chi connectivity index (χ0n) is 13.9. The number of rotatable bonds is 4. The first-order valence-corrected chi connectivity index (χ1v) is 9.19. The van der Waals surface area contributed by atoms with Crippen LogP contribution in [0.2, 0.25) is 0 Å². The Balaban J connectivity index is 1.72. The van der Waals surface area contributed by atoms with E-state index >= 15 is 0 Å². The van der Waals surface area contributed by atoms with Gasteiger partial charge in [0, 0.05) is 10.4 Å². The second-order valence-corrected chi connectivity index (χ2v) is 7.40. The summed E-state index contributed by atoms with van der Waals surface area (Å²) in [5.74, 6) is -0.596. The van der Waals surface area contributed by atoms with Gasteiger partial charge in [-0.25, -0.2) is 0 Å². The topological polar surface area (TPSA) is 103 Å². The first kappa shape index (κ1) is 18.0. The second-order valence-electron chi connectivity index (χ2n) is 5.43. The molecular formula is C17H13N3O4S2. The molecule has 0 saturated carbocycles. The van der Waals surface area contributed by atoms with Crippen LogP contribution in [0, 0.1) is 25.2 Å². The number of thioether (sulfide) groups is 1. The van der Waals surface area contributed by atoms with E-state index in [1.165, 1.54) is 11.3 Å². The maximum absolute atomic E-state index is 12.4. The van der Waals surface area contributed by atoms with Crippen molar-refractivity contribution in [2.24, 2.45) is 0 Å². The second kappa shape index (κ2) is 7.19. The first-order valence-electron chi connectivity index (χ1n) is 7.49. The molecule has 1 saturated heterocycles. The number of hydrogen-bond acceptors (Lipinski definition) is 7. The molecule has 0 unspecified atom stereocenters. The highest BCUT2D eigenvalue weighted by atomic mass is 32.2. The fraction of sp³-hybridized carbons (Fsp3) is 0.176. The summed E-state index contributed by atoms with van der Waals surface area (Å²) in [5, 5.41) is 13.0. The van der Waals surface area contributed by atoms with Crippen LogP contribution in [-0.4, -0.2) is 28.5 Å². The van der Waals surface area contributed by atoms with Crippen molar-refractivity contribution in [1.29, 1.82) is 5.26 Å². The van der Waals surface area contributed by atoms with Crippen LogP contribution in [0.1, 0.15) is 21.8 Å². The molecule has 9 heteroatoms. The Morgan fingerprint density at radius 2 is 2.19 bits per heavy atom. The number of aryl methyl sites for hydroxylation is 1. The molecule has 0 aliphatic carbocycles. The Labute approximate surface area is 157 Å². The van der Waals surface area contributed by atoms with E-state index in [1.54, 1.807) is 19.9 Å². The van der Waals surface area contributed by atoms with Gasteiger partial charge in [-0.1, -0.05) is 6.07 Å². The van der Waals surface area contributed by atoms with Crippen molar-refractivity contribution in [3.63, 3.8) is 0 Å². The molecule has 26 heavy (non-hydrogen) atoms. The number of nitrogens with zero attached hydrogens (tertiary/aromatic N) is 2. The van der Waals surface area contributed by atoms with Crippen molar-refractivity contribution in [3.05, 3.63) is 44.2 Å². The molecule has 2 aromatic rings. The average Bonchev–Trinajstić information content (AvgIpc) is 3.26. The molecule has 1 fully saturated rings. The molecule has 1 N–H and O–H groups in total. The normalized spacial score (nSPS) is 15.6. The summed E-state index contributed by atoms with van der Waals surface area (Å²) < 4.78 is 5.36.